The SMILES string of the molecule is Oc1ccc(Cl)cc1C(=NCC1CCC1)c1ccccc1Cl. The number of halogens is 2. The Balaban J connectivity index is 2.06. The Hall–Kier alpha value is -1.51. The summed E-state index contributed by atoms with van der Waals surface area (Å²) in [7, 11) is 0. The Bertz CT molecular complexity index is 708. The van der Waals surface area contributed by atoms with Gasteiger partial charge in [-0.2, -0.15) is 0 Å². The first-order valence-electron chi connectivity index (χ1n) is 7.43. The highest BCUT2D eigenvalue weighted by Gasteiger charge is 2.19. The summed E-state index contributed by atoms with van der Waals surface area (Å²) in [6, 6.07) is 12.5. The highest BCUT2D eigenvalue weighted by molar-refractivity contribution is 6.36. The van der Waals surface area contributed by atoms with E-state index in [-0.39, 0.29) is 5.75 Å². The monoisotopic (exact) mass is 333 g/mol. The molecule has 0 saturated heterocycles. The molecule has 0 amide bonds. The normalized spacial score (nSPS) is 15.6. The predicted octanol–water partition coefficient (Wildman–Crippen LogP) is 5.34. The lowest BCUT2D eigenvalue weighted by Gasteiger charge is -2.24. The Morgan fingerprint density at radius 3 is 2.55 bits per heavy atom. The molecule has 1 saturated carbocycles. The van der Waals surface area contributed by atoms with Crippen LogP contribution in [0.2, 0.25) is 10.0 Å². The lowest BCUT2D eigenvalue weighted by atomic mass is 9.85. The minimum atomic E-state index is 0.164. The van der Waals surface area contributed by atoms with Crippen LogP contribution in [0.25, 0.3) is 0 Å². The molecule has 0 unspecified atom stereocenters. The van der Waals surface area contributed by atoms with Gasteiger partial charge in [-0.1, -0.05) is 47.8 Å². The van der Waals surface area contributed by atoms with E-state index in [2.05, 4.69) is 0 Å². The number of phenolic OH excluding ortho intramolecular Hbond substituents is 1. The number of hydrogen-bond acceptors (Lipinski definition) is 2. The van der Waals surface area contributed by atoms with Gasteiger partial charge in [0.25, 0.3) is 0 Å². The van der Waals surface area contributed by atoms with E-state index in [9.17, 15) is 5.11 Å². The smallest absolute Gasteiger partial charge is 0.125 e. The van der Waals surface area contributed by atoms with Crippen LogP contribution in [-0.2, 0) is 0 Å². The van der Waals surface area contributed by atoms with Gasteiger partial charge in [0.15, 0.2) is 0 Å². The molecule has 1 fully saturated rings. The lowest BCUT2D eigenvalue weighted by Crippen LogP contribution is -2.16. The molecule has 1 aliphatic carbocycles. The van der Waals surface area contributed by atoms with E-state index in [0.717, 1.165) is 12.1 Å². The number of aromatic hydroxyl groups is 1. The molecule has 0 radical (unpaired) electrons. The Kier molecular flexibility index (Phi) is 4.70. The first kappa shape index (κ1) is 15.4. The summed E-state index contributed by atoms with van der Waals surface area (Å²) in [4.78, 5) is 4.76. The average Bonchev–Trinajstić information content (AvgIpc) is 2.46. The molecule has 3 rings (SSSR count). The highest BCUT2D eigenvalue weighted by Crippen LogP contribution is 2.30. The van der Waals surface area contributed by atoms with Gasteiger partial charge in [0.2, 0.25) is 0 Å². The minimum Gasteiger partial charge on any atom is -0.507 e. The van der Waals surface area contributed by atoms with Gasteiger partial charge in [0.05, 0.1) is 5.71 Å². The molecule has 2 aromatic rings. The summed E-state index contributed by atoms with van der Waals surface area (Å²) in [5.74, 6) is 0.801. The van der Waals surface area contributed by atoms with Gasteiger partial charge in [-0.15, -0.1) is 0 Å². The van der Waals surface area contributed by atoms with Crippen LogP contribution in [0.5, 0.6) is 5.75 Å². The summed E-state index contributed by atoms with van der Waals surface area (Å²) in [5, 5.41) is 11.4. The molecule has 0 heterocycles. The zero-order valence-corrected chi connectivity index (χ0v) is 13.6. The van der Waals surface area contributed by atoms with Crippen molar-refractivity contribution in [1.82, 2.24) is 0 Å². The van der Waals surface area contributed by atoms with Crippen molar-refractivity contribution in [1.29, 1.82) is 0 Å². The molecule has 2 nitrogen and oxygen atoms in total. The summed E-state index contributed by atoms with van der Waals surface area (Å²) in [6.07, 6.45) is 3.73. The van der Waals surface area contributed by atoms with Crippen LogP contribution in [0.4, 0.5) is 0 Å². The van der Waals surface area contributed by atoms with Gasteiger partial charge in [0, 0.05) is 27.7 Å². The van der Waals surface area contributed by atoms with Gasteiger partial charge >= 0.3 is 0 Å². The third-order valence-electron chi connectivity index (χ3n) is 4.08. The zero-order valence-electron chi connectivity index (χ0n) is 12.1. The zero-order chi connectivity index (χ0) is 15.5. The van der Waals surface area contributed by atoms with Crippen LogP contribution in [0.15, 0.2) is 47.5 Å². The Morgan fingerprint density at radius 1 is 1.09 bits per heavy atom. The van der Waals surface area contributed by atoms with E-state index in [4.69, 9.17) is 28.2 Å². The molecule has 0 atom stereocenters. The van der Waals surface area contributed by atoms with Crippen molar-refractivity contribution in [3.63, 3.8) is 0 Å². The maximum absolute atomic E-state index is 10.2. The van der Waals surface area contributed by atoms with Crippen LogP contribution in [-0.4, -0.2) is 17.4 Å². The maximum Gasteiger partial charge on any atom is 0.125 e. The van der Waals surface area contributed by atoms with E-state index in [1.165, 1.54) is 19.3 Å². The van der Waals surface area contributed by atoms with Crippen LogP contribution in [0.1, 0.15) is 30.4 Å². The van der Waals surface area contributed by atoms with E-state index >= 15 is 0 Å². The summed E-state index contributed by atoms with van der Waals surface area (Å²) < 4.78 is 0. The van der Waals surface area contributed by atoms with Crippen LogP contribution < -0.4 is 0 Å². The molecule has 0 bridgehead atoms. The van der Waals surface area contributed by atoms with E-state index in [1.807, 2.05) is 24.3 Å². The second kappa shape index (κ2) is 6.72. The van der Waals surface area contributed by atoms with Crippen LogP contribution >= 0.6 is 23.2 Å². The van der Waals surface area contributed by atoms with Crippen molar-refractivity contribution < 1.29 is 5.11 Å². The first-order valence-corrected chi connectivity index (χ1v) is 8.19. The second-order valence-electron chi connectivity index (χ2n) is 5.63. The van der Waals surface area contributed by atoms with E-state index in [0.29, 0.717) is 27.2 Å². The topological polar surface area (TPSA) is 32.6 Å². The van der Waals surface area contributed by atoms with Gasteiger partial charge in [-0.25, -0.2) is 0 Å². The molecule has 22 heavy (non-hydrogen) atoms. The fourth-order valence-electron chi connectivity index (χ4n) is 2.56. The molecular weight excluding hydrogens is 317 g/mol. The maximum atomic E-state index is 10.2. The highest BCUT2D eigenvalue weighted by atomic mass is 35.5. The first-order chi connectivity index (χ1) is 10.6. The summed E-state index contributed by atoms with van der Waals surface area (Å²) in [5.41, 5.74) is 2.15. The van der Waals surface area contributed by atoms with Gasteiger partial charge in [-0.05, 0) is 43.0 Å². The molecule has 114 valence electrons. The van der Waals surface area contributed by atoms with Crippen molar-refractivity contribution in [2.24, 2.45) is 10.9 Å². The average molecular weight is 334 g/mol. The van der Waals surface area contributed by atoms with E-state index in [1.54, 1.807) is 18.2 Å². The molecule has 0 spiro atoms. The molecule has 0 aromatic heterocycles. The number of benzene rings is 2. The standard InChI is InChI=1S/C18H17Cl2NO/c19-13-8-9-17(22)15(10-13)18(21-11-12-4-3-5-12)14-6-1-2-7-16(14)20/h1-2,6-10,12,22H,3-5,11H2. The van der Waals surface area contributed by atoms with Gasteiger partial charge in [-0.3, -0.25) is 4.99 Å². The number of phenols is 1. The largest absolute Gasteiger partial charge is 0.507 e. The molecular formula is C18H17Cl2NO. The summed E-state index contributed by atoms with van der Waals surface area (Å²) >= 11 is 12.4. The molecule has 4 heteroatoms. The van der Waals surface area contributed by atoms with Crippen molar-refractivity contribution in [2.75, 3.05) is 6.54 Å². The molecule has 1 aliphatic rings. The van der Waals surface area contributed by atoms with Crippen molar-refractivity contribution in [3.8, 4) is 5.75 Å². The lowest BCUT2D eigenvalue weighted by molar-refractivity contribution is 0.326. The van der Waals surface area contributed by atoms with Crippen LogP contribution in [0, 0.1) is 5.92 Å². The number of rotatable bonds is 4. The fourth-order valence-corrected chi connectivity index (χ4v) is 2.96. The van der Waals surface area contributed by atoms with Crippen molar-refractivity contribution >= 4 is 28.9 Å². The minimum absolute atomic E-state index is 0.164. The van der Waals surface area contributed by atoms with Crippen molar-refractivity contribution in [3.05, 3.63) is 63.6 Å². The number of hydrogen-bond donors (Lipinski definition) is 1. The van der Waals surface area contributed by atoms with E-state index < -0.39 is 0 Å². The second-order valence-corrected chi connectivity index (χ2v) is 6.47. The third kappa shape index (κ3) is 3.29. The van der Waals surface area contributed by atoms with Crippen molar-refractivity contribution in [2.45, 2.75) is 19.3 Å². The predicted molar refractivity (Wildman–Crippen MR) is 92.4 cm³/mol. The molecule has 0 aliphatic heterocycles. The van der Waals surface area contributed by atoms with Gasteiger partial charge < -0.3 is 5.11 Å². The van der Waals surface area contributed by atoms with Gasteiger partial charge in [0.1, 0.15) is 5.75 Å². The quantitative estimate of drug-likeness (QED) is 0.753. The molecule has 2 aromatic carbocycles. The number of nitrogens with zero attached hydrogens (tertiary/aromatic N) is 1. The number of aliphatic imine (C=N–C) groups is 1. The fraction of sp³-hybridized carbons (Fsp3) is 0.278. The summed E-state index contributed by atoms with van der Waals surface area (Å²) in [6.45, 7) is 0.756. The third-order valence-corrected chi connectivity index (χ3v) is 4.64. The Labute approximate surface area is 140 Å². The molecule has 1 N–H and O–H groups in total. The van der Waals surface area contributed by atoms with Crippen LogP contribution in [0.3, 0.4) is 0 Å². The Morgan fingerprint density at radius 2 is 1.86 bits per heavy atom.